The first-order chi connectivity index (χ1) is 14.6. The Kier molecular flexibility index (Phi) is 10.7. The van der Waals surface area contributed by atoms with Gasteiger partial charge in [-0.05, 0) is 94.2 Å². The molecule has 0 radical (unpaired) electrons. The molecule has 2 unspecified atom stereocenters. The number of methoxy groups -OCH3 is 1. The third kappa shape index (κ3) is 8.63. The molecule has 2 aliphatic rings. The first-order valence-electron chi connectivity index (χ1n) is 12.4. The molecule has 1 aliphatic carbocycles. The van der Waals surface area contributed by atoms with Gasteiger partial charge < -0.3 is 19.0 Å². The minimum Gasteiger partial charge on any atom is -0.469 e. The molecule has 0 bridgehead atoms. The Bertz CT molecular complexity index is 563. The summed E-state index contributed by atoms with van der Waals surface area (Å²) in [5, 5.41) is -0.00421. The number of carbonyl (C=O) groups excluding carboxylic acids is 1. The Morgan fingerprint density at radius 3 is 2.61 bits per heavy atom. The summed E-state index contributed by atoms with van der Waals surface area (Å²) >= 11 is 0. The van der Waals surface area contributed by atoms with Crippen LogP contribution in [0.15, 0.2) is 12.2 Å². The quantitative estimate of drug-likeness (QED) is 0.170. The van der Waals surface area contributed by atoms with E-state index in [0.29, 0.717) is 18.3 Å². The maximum Gasteiger partial charge on any atom is 0.305 e. The average Bonchev–Trinajstić information content (AvgIpc) is 3.10. The molecule has 2 rings (SSSR count). The molecule has 1 heterocycles. The highest BCUT2D eigenvalue weighted by molar-refractivity contribution is 6.72. The van der Waals surface area contributed by atoms with Crippen LogP contribution in [0.1, 0.15) is 84.5 Å². The van der Waals surface area contributed by atoms with Gasteiger partial charge in [0, 0.05) is 13.0 Å². The van der Waals surface area contributed by atoms with E-state index in [9.17, 15) is 9.59 Å². The van der Waals surface area contributed by atoms with Crippen LogP contribution in [0.3, 0.4) is 0 Å². The standard InChI is InChI=1S/C25H46O5Si/c1-25(2,31(4,5)27)18-17-21-20(12-8-6-7-9-13-23(26)28-3)15-16-22(21)30-24-14-10-11-19-29-24/h6,8,20-22,24,27H,7,9-19H2,1-5H3/b8-6-/t20?,21-,22-,24?/m1/s1. The molecule has 1 N–H and O–H groups in total. The molecule has 31 heavy (non-hydrogen) atoms. The number of unbranched alkanes of at least 4 members (excludes halogenated alkanes) is 1. The minimum atomic E-state index is -2.21. The second kappa shape index (κ2) is 12.5. The van der Waals surface area contributed by atoms with Gasteiger partial charge in [-0.2, -0.15) is 0 Å². The summed E-state index contributed by atoms with van der Waals surface area (Å²) in [5.41, 5.74) is 0. The average molecular weight is 455 g/mol. The van der Waals surface area contributed by atoms with Crippen molar-refractivity contribution in [3.05, 3.63) is 12.2 Å². The molecule has 180 valence electrons. The molecule has 0 aromatic rings. The summed E-state index contributed by atoms with van der Waals surface area (Å²) in [7, 11) is -0.772. The highest BCUT2D eigenvalue weighted by Gasteiger charge is 2.42. The van der Waals surface area contributed by atoms with Crippen LogP contribution in [-0.4, -0.2) is 45.2 Å². The smallest absolute Gasteiger partial charge is 0.305 e. The van der Waals surface area contributed by atoms with E-state index in [0.717, 1.165) is 58.0 Å². The Morgan fingerprint density at radius 1 is 1.19 bits per heavy atom. The Morgan fingerprint density at radius 2 is 1.97 bits per heavy atom. The van der Waals surface area contributed by atoms with E-state index in [2.05, 4.69) is 39.1 Å². The molecule has 6 heteroatoms. The van der Waals surface area contributed by atoms with Crippen molar-refractivity contribution in [2.24, 2.45) is 11.8 Å². The second-order valence-corrected chi connectivity index (χ2v) is 15.1. The molecule has 0 amide bonds. The maximum absolute atomic E-state index is 11.2. The summed E-state index contributed by atoms with van der Waals surface area (Å²) in [6.07, 6.45) is 15.8. The van der Waals surface area contributed by atoms with Crippen LogP contribution in [-0.2, 0) is 19.0 Å². The summed E-state index contributed by atoms with van der Waals surface area (Å²) < 4.78 is 17.1. The van der Waals surface area contributed by atoms with Crippen LogP contribution in [0, 0.1) is 11.8 Å². The first-order valence-corrected chi connectivity index (χ1v) is 15.3. The zero-order chi connectivity index (χ0) is 22.9. The molecule has 0 aromatic carbocycles. The Labute approximate surface area is 191 Å². The molecular formula is C25H46O5Si. The number of hydrogen-bond acceptors (Lipinski definition) is 5. The van der Waals surface area contributed by atoms with Crippen molar-refractivity contribution in [3.63, 3.8) is 0 Å². The topological polar surface area (TPSA) is 65.0 Å². The molecule has 0 aromatic heterocycles. The van der Waals surface area contributed by atoms with Crippen molar-refractivity contribution in [2.45, 2.75) is 115 Å². The van der Waals surface area contributed by atoms with E-state index in [1.807, 2.05) is 0 Å². The van der Waals surface area contributed by atoms with Crippen LogP contribution in [0.4, 0.5) is 0 Å². The van der Waals surface area contributed by atoms with Crippen LogP contribution in [0.2, 0.25) is 18.1 Å². The zero-order valence-electron chi connectivity index (χ0n) is 20.5. The largest absolute Gasteiger partial charge is 0.469 e. The summed E-state index contributed by atoms with van der Waals surface area (Å²) in [6, 6.07) is 0. The van der Waals surface area contributed by atoms with E-state index in [-0.39, 0.29) is 23.4 Å². The van der Waals surface area contributed by atoms with Crippen molar-refractivity contribution in [2.75, 3.05) is 13.7 Å². The van der Waals surface area contributed by atoms with Crippen molar-refractivity contribution >= 4 is 14.3 Å². The Balaban J connectivity index is 1.92. The van der Waals surface area contributed by atoms with Gasteiger partial charge in [0.1, 0.15) is 0 Å². The molecule has 0 spiro atoms. The third-order valence-electron chi connectivity index (χ3n) is 7.71. The SMILES string of the molecule is COC(=O)CCC/C=C\CC1CC[C@@H](OC2CCCCO2)[C@@H]1CCC(C)(C)[Si](C)(C)O. The summed E-state index contributed by atoms with van der Waals surface area (Å²) in [4.78, 5) is 22.0. The summed E-state index contributed by atoms with van der Waals surface area (Å²) in [5.74, 6) is 0.998. The predicted molar refractivity (Wildman–Crippen MR) is 127 cm³/mol. The fourth-order valence-electron chi connectivity index (χ4n) is 4.70. The van der Waals surface area contributed by atoms with Gasteiger partial charge in [-0.15, -0.1) is 0 Å². The molecule has 4 atom stereocenters. The fourth-order valence-corrected chi connectivity index (χ4v) is 5.45. The van der Waals surface area contributed by atoms with Gasteiger partial charge in [0.2, 0.25) is 0 Å². The molecule has 1 saturated heterocycles. The Hall–Kier alpha value is -0.693. The number of allylic oxidation sites excluding steroid dienone is 2. The third-order valence-corrected chi connectivity index (χ3v) is 11.3. The van der Waals surface area contributed by atoms with E-state index in [4.69, 9.17) is 14.2 Å². The van der Waals surface area contributed by atoms with Crippen molar-refractivity contribution < 1.29 is 23.8 Å². The highest BCUT2D eigenvalue weighted by atomic mass is 28.4. The van der Waals surface area contributed by atoms with E-state index < -0.39 is 8.32 Å². The van der Waals surface area contributed by atoms with Crippen LogP contribution in [0.5, 0.6) is 0 Å². The molecule has 5 nitrogen and oxygen atoms in total. The minimum absolute atomic E-state index is 0.00421. The van der Waals surface area contributed by atoms with Gasteiger partial charge in [0.15, 0.2) is 14.6 Å². The van der Waals surface area contributed by atoms with Crippen LogP contribution < -0.4 is 0 Å². The highest BCUT2D eigenvalue weighted by Crippen LogP contribution is 2.46. The van der Waals surface area contributed by atoms with Crippen LogP contribution >= 0.6 is 0 Å². The number of hydrogen-bond donors (Lipinski definition) is 1. The number of ether oxygens (including phenoxy) is 3. The van der Waals surface area contributed by atoms with Crippen LogP contribution in [0.25, 0.3) is 0 Å². The molecule has 1 saturated carbocycles. The lowest BCUT2D eigenvalue weighted by Crippen LogP contribution is -2.40. The normalized spacial score (nSPS) is 27.7. The lowest BCUT2D eigenvalue weighted by Gasteiger charge is -2.37. The number of rotatable bonds is 12. The maximum atomic E-state index is 11.2. The van der Waals surface area contributed by atoms with Crippen molar-refractivity contribution in [1.82, 2.24) is 0 Å². The number of carbonyl (C=O) groups is 1. The van der Waals surface area contributed by atoms with Gasteiger partial charge in [-0.1, -0.05) is 26.0 Å². The number of esters is 1. The lowest BCUT2D eigenvalue weighted by atomic mass is 9.85. The van der Waals surface area contributed by atoms with Gasteiger partial charge in [0.25, 0.3) is 0 Å². The van der Waals surface area contributed by atoms with Gasteiger partial charge in [0.05, 0.1) is 13.2 Å². The van der Waals surface area contributed by atoms with E-state index >= 15 is 0 Å². The van der Waals surface area contributed by atoms with E-state index in [1.54, 1.807) is 0 Å². The molecule has 1 aliphatic heterocycles. The molecular weight excluding hydrogens is 408 g/mol. The predicted octanol–water partition coefficient (Wildman–Crippen LogP) is 5.97. The summed E-state index contributed by atoms with van der Waals surface area (Å²) in [6.45, 7) is 9.38. The van der Waals surface area contributed by atoms with E-state index in [1.165, 1.54) is 20.0 Å². The zero-order valence-corrected chi connectivity index (χ0v) is 21.5. The van der Waals surface area contributed by atoms with Crippen molar-refractivity contribution in [1.29, 1.82) is 0 Å². The van der Waals surface area contributed by atoms with Crippen molar-refractivity contribution in [3.8, 4) is 0 Å². The van der Waals surface area contributed by atoms with Gasteiger partial charge in [-0.25, -0.2) is 0 Å². The van der Waals surface area contributed by atoms with Gasteiger partial charge in [-0.3, -0.25) is 4.79 Å². The second-order valence-electron chi connectivity index (χ2n) is 10.6. The lowest BCUT2D eigenvalue weighted by molar-refractivity contribution is -0.196. The fraction of sp³-hybridized carbons (Fsp3) is 0.880. The molecule has 2 fully saturated rings. The van der Waals surface area contributed by atoms with Gasteiger partial charge >= 0.3 is 5.97 Å². The monoisotopic (exact) mass is 454 g/mol. The first kappa shape index (κ1) is 26.6.